The molecular formula is C21H22ClFN4O2S. The van der Waals surface area contributed by atoms with Gasteiger partial charge < -0.3 is 20.1 Å². The number of ether oxygens (including phenoxy) is 2. The highest BCUT2D eigenvalue weighted by Crippen LogP contribution is 2.29. The largest absolute Gasteiger partial charge is 0.493 e. The molecule has 0 saturated heterocycles. The van der Waals surface area contributed by atoms with E-state index in [1.165, 1.54) is 12.1 Å². The molecule has 0 unspecified atom stereocenters. The van der Waals surface area contributed by atoms with Gasteiger partial charge in [-0.2, -0.15) is 5.10 Å². The van der Waals surface area contributed by atoms with Gasteiger partial charge in [-0.25, -0.2) is 4.39 Å². The topological polar surface area (TPSA) is 60.3 Å². The maximum Gasteiger partial charge on any atom is 0.175 e. The Labute approximate surface area is 184 Å². The molecule has 0 radical (unpaired) electrons. The maximum atomic E-state index is 13.3. The molecule has 9 heteroatoms. The average Bonchev–Trinajstić information content (AvgIpc) is 2.98. The van der Waals surface area contributed by atoms with Crippen molar-refractivity contribution in [3.8, 4) is 11.5 Å². The third-order valence-corrected chi connectivity index (χ3v) is 5.07. The van der Waals surface area contributed by atoms with Gasteiger partial charge in [0.05, 0.1) is 42.9 Å². The molecule has 0 aliphatic carbocycles. The zero-order valence-corrected chi connectivity index (χ0v) is 18.6. The van der Waals surface area contributed by atoms with Gasteiger partial charge in [-0.1, -0.05) is 17.7 Å². The minimum atomic E-state index is -0.482. The first-order chi connectivity index (χ1) is 14.3. The monoisotopic (exact) mass is 448 g/mol. The molecule has 158 valence electrons. The van der Waals surface area contributed by atoms with Gasteiger partial charge in [0.1, 0.15) is 5.82 Å². The lowest BCUT2D eigenvalue weighted by atomic mass is 10.2. The summed E-state index contributed by atoms with van der Waals surface area (Å²) < 4.78 is 25.9. The number of anilines is 2. The predicted octanol–water partition coefficient (Wildman–Crippen LogP) is 5.17. The van der Waals surface area contributed by atoms with E-state index in [0.29, 0.717) is 28.8 Å². The fourth-order valence-electron chi connectivity index (χ4n) is 3.03. The quantitative estimate of drug-likeness (QED) is 0.507. The van der Waals surface area contributed by atoms with Gasteiger partial charge >= 0.3 is 0 Å². The number of aromatic nitrogens is 2. The molecule has 0 bridgehead atoms. The van der Waals surface area contributed by atoms with Crippen LogP contribution in [0.1, 0.15) is 17.0 Å². The van der Waals surface area contributed by atoms with E-state index in [4.69, 9.17) is 33.3 Å². The minimum absolute atomic E-state index is 0.0258. The number of rotatable bonds is 6. The van der Waals surface area contributed by atoms with Crippen molar-refractivity contribution in [2.45, 2.75) is 20.4 Å². The van der Waals surface area contributed by atoms with Gasteiger partial charge in [0.15, 0.2) is 16.6 Å². The molecule has 0 aliphatic heterocycles. The summed E-state index contributed by atoms with van der Waals surface area (Å²) >= 11 is 11.2. The Morgan fingerprint density at radius 3 is 2.50 bits per heavy atom. The van der Waals surface area contributed by atoms with E-state index in [-0.39, 0.29) is 5.02 Å². The number of nitrogens with zero attached hydrogens (tertiary/aromatic N) is 2. The maximum absolute atomic E-state index is 13.3. The lowest BCUT2D eigenvalue weighted by molar-refractivity contribution is 0.354. The summed E-state index contributed by atoms with van der Waals surface area (Å²) in [7, 11) is 3.21. The molecular weight excluding hydrogens is 427 g/mol. The molecule has 6 nitrogen and oxygen atoms in total. The lowest BCUT2D eigenvalue weighted by Gasteiger charge is -2.12. The predicted molar refractivity (Wildman–Crippen MR) is 122 cm³/mol. The lowest BCUT2D eigenvalue weighted by Crippen LogP contribution is -2.20. The third-order valence-electron chi connectivity index (χ3n) is 4.58. The highest BCUT2D eigenvalue weighted by atomic mass is 35.5. The molecule has 0 fully saturated rings. The molecule has 3 rings (SSSR count). The number of halogens is 2. The zero-order chi connectivity index (χ0) is 21.8. The Morgan fingerprint density at radius 1 is 1.10 bits per heavy atom. The summed E-state index contributed by atoms with van der Waals surface area (Å²) in [5.74, 6) is 0.858. The van der Waals surface area contributed by atoms with Crippen LogP contribution in [0.25, 0.3) is 0 Å². The number of nitrogens with one attached hydrogen (secondary N) is 2. The highest BCUT2D eigenvalue weighted by Gasteiger charge is 2.14. The Balaban J connectivity index is 1.75. The van der Waals surface area contributed by atoms with Crippen LogP contribution in [0.5, 0.6) is 11.5 Å². The second kappa shape index (κ2) is 9.32. The van der Waals surface area contributed by atoms with E-state index in [0.717, 1.165) is 22.6 Å². The van der Waals surface area contributed by atoms with Crippen molar-refractivity contribution in [2.24, 2.45) is 0 Å². The number of hydrogen-bond acceptors (Lipinski definition) is 4. The van der Waals surface area contributed by atoms with Gasteiger partial charge in [0.25, 0.3) is 0 Å². The van der Waals surface area contributed by atoms with Crippen molar-refractivity contribution in [1.82, 2.24) is 9.78 Å². The first-order valence-corrected chi connectivity index (χ1v) is 9.89. The van der Waals surface area contributed by atoms with Crippen LogP contribution in [-0.4, -0.2) is 29.1 Å². The highest BCUT2D eigenvalue weighted by molar-refractivity contribution is 7.80. The van der Waals surface area contributed by atoms with Gasteiger partial charge in [0.2, 0.25) is 0 Å². The van der Waals surface area contributed by atoms with Crippen LogP contribution in [0.2, 0.25) is 5.02 Å². The molecule has 2 N–H and O–H groups in total. The number of methoxy groups -OCH3 is 2. The van der Waals surface area contributed by atoms with Crippen molar-refractivity contribution < 1.29 is 13.9 Å². The fraction of sp³-hybridized carbons (Fsp3) is 0.238. The van der Waals surface area contributed by atoms with Crippen LogP contribution < -0.4 is 20.1 Å². The molecule has 0 spiro atoms. The second-order valence-corrected chi connectivity index (χ2v) is 7.42. The minimum Gasteiger partial charge on any atom is -0.493 e. The van der Waals surface area contributed by atoms with Gasteiger partial charge in [0, 0.05) is 5.69 Å². The molecule has 3 aromatic rings. The van der Waals surface area contributed by atoms with E-state index >= 15 is 0 Å². The van der Waals surface area contributed by atoms with Crippen molar-refractivity contribution in [3.05, 3.63) is 64.2 Å². The summed E-state index contributed by atoms with van der Waals surface area (Å²) in [5, 5.41) is 11.2. The summed E-state index contributed by atoms with van der Waals surface area (Å²) in [4.78, 5) is 0. The second-order valence-electron chi connectivity index (χ2n) is 6.60. The van der Waals surface area contributed by atoms with Gasteiger partial charge in [-0.15, -0.1) is 0 Å². The summed E-state index contributed by atoms with van der Waals surface area (Å²) in [6.45, 7) is 4.42. The summed E-state index contributed by atoms with van der Waals surface area (Å²) in [6.07, 6.45) is 0. The van der Waals surface area contributed by atoms with E-state index in [2.05, 4.69) is 15.7 Å². The summed E-state index contributed by atoms with van der Waals surface area (Å²) in [6, 6.07) is 10.1. The Kier molecular flexibility index (Phi) is 6.79. The molecule has 0 saturated carbocycles. The van der Waals surface area contributed by atoms with Crippen LogP contribution in [-0.2, 0) is 6.54 Å². The molecule has 1 aromatic heterocycles. The van der Waals surface area contributed by atoms with Crippen LogP contribution in [0.15, 0.2) is 36.4 Å². The van der Waals surface area contributed by atoms with Gasteiger partial charge in [-0.05, 0) is 62.0 Å². The van der Waals surface area contributed by atoms with Crippen molar-refractivity contribution >= 4 is 40.3 Å². The van der Waals surface area contributed by atoms with Crippen LogP contribution in [0.3, 0.4) is 0 Å². The van der Waals surface area contributed by atoms with E-state index in [1.54, 1.807) is 20.3 Å². The molecule has 0 amide bonds. The SMILES string of the molecule is COc1ccc(Cn2nc(C)c(NC(=S)Nc3ccc(F)c(Cl)c3)c2C)cc1OC. The molecule has 0 atom stereocenters. The van der Waals surface area contributed by atoms with Crippen molar-refractivity contribution in [2.75, 3.05) is 24.9 Å². The number of benzene rings is 2. The van der Waals surface area contributed by atoms with Gasteiger partial charge in [-0.3, -0.25) is 4.68 Å². The number of thiocarbonyl (C=S) groups is 1. The van der Waals surface area contributed by atoms with Crippen LogP contribution in [0.4, 0.5) is 15.8 Å². The van der Waals surface area contributed by atoms with Crippen molar-refractivity contribution in [3.63, 3.8) is 0 Å². The molecule has 30 heavy (non-hydrogen) atoms. The van der Waals surface area contributed by atoms with E-state index in [9.17, 15) is 4.39 Å². The molecule has 0 aliphatic rings. The van der Waals surface area contributed by atoms with Crippen LogP contribution >= 0.6 is 23.8 Å². The fourth-order valence-corrected chi connectivity index (χ4v) is 3.43. The first kappa shape index (κ1) is 21.9. The van der Waals surface area contributed by atoms with E-state index in [1.807, 2.05) is 36.7 Å². The standard InChI is InChI=1S/C21H22ClFN4O2S/c1-12-20(25-21(30)24-15-6-7-17(23)16(22)10-15)13(2)27(26-12)11-14-5-8-18(28-3)19(9-14)29-4/h5-10H,11H2,1-4H3,(H2,24,25,30). The number of hydrogen-bond donors (Lipinski definition) is 2. The normalized spacial score (nSPS) is 10.6. The smallest absolute Gasteiger partial charge is 0.175 e. The molecule has 1 heterocycles. The Morgan fingerprint density at radius 2 is 1.83 bits per heavy atom. The average molecular weight is 449 g/mol. The Hall–Kier alpha value is -2.84. The van der Waals surface area contributed by atoms with Crippen LogP contribution in [0, 0.1) is 19.7 Å². The summed E-state index contributed by atoms with van der Waals surface area (Å²) in [5.41, 5.74) is 4.14. The Bertz CT molecular complexity index is 1090. The van der Waals surface area contributed by atoms with E-state index < -0.39 is 5.82 Å². The molecule has 2 aromatic carbocycles. The zero-order valence-electron chi connectivity index (χ0n) is 17.0. The third kappa shape index (κ3) is 4.83. The van der Waals surface area contributed by atoms with Crippen molar-refractivity contribution in [1.29, 1.82) is 0 Å². The first-order valence-electron chi connectivity index (χ1n) is 9.10. The number of aryl methyl sites for hydroxylation is 1.